The number of ether oxygens (including phenoxy) is 1. The summed E-state index contributed by atoms with van der Waals surface area (Å²) in [5.74, 6) is 2.56. The van der Waals surface area contributed by atoms with Crippen LogP contribution in [0.1, 0.15) is 13.3 Å². The molecule has 1 amide bonds. The second kappa shape index (κ2) is 6.50. The molecule has 0 saturated carbocycles. The van der Waals surface area contributed by atoms with Gasteiger partial charge in [0.15, 0.2) is 0 Å². The fraction of sp³-hybridized carbons (Fsp3) is 0.625. The van der Waals surface area contributed by atoms with Gasteiger partial charge in [0.25, 0.3) is 0 Å². The van der Waals surface area contributed by atoms with Crippen molar-refractivity contribution in [2.75, 3.05) is 13.2 Å². The molecule has 1 atom stereocenters. The predicted molar refractivity (Wildman–Crippen MR) is 46.5 cm³/mol. The minimum Gasteiger partial charge on any atom is -0.448 e. The SMILES string of the molecule is C#CC(CC)NCCOC(N)=O. The lowest BCUT2D eigenvalue weighted by Crippen LogP contribution is -2.31. The first-order chi connectivity index (χ1) is 5.70. The minimum atomic E-state index is -0.759. The molecule has 3 N–H and O–H groups in total. The van der Waals surface area contributed by atoms with Gasteiger partial charge in [0.05, 0.1) is 6.04 Å². The standard InChI is InChI=1S/C8H14N2O2/c1-3-7(4-2)10-5-6-12-8(9)11/h1,7,10H,4-6H2,2H3,(H2,9,11). The van der Waals surface area contributed by atoms with Crippen LogP contribution < -0.4 is 11.1 Å². The summed E-state index contributed by atoms with van der Waals surface area (Å²) in [4.78, 5) is 10.1. The molecule has 0 fully saturated rings. The van der Waals surface area contributed by atoms with Crippen molar-refractivity contribution in [3.63, 3.8) is 0 Å². The van der Waals surface area contributed by atoms with Gasteiger partial charge < -0.3 is 15.8 Å². The number of hydrogen-bond donors (Lipinski definition) is 2. The second-order valence-electron chi connectivity index (χ2n) is 2.25. The number of nitrogens with one attached hydrogen (secondary N) is 1. The van der Waals surface area contributed by atoms with Crippen molar-refractivity contribution in [2.24, 2.45) is 5.73 Å². The molecule has 0 spiro atoms. The Morgan fingerprint density at radius 2 is 2.50 bits per heavy atom. The molecule has 0 aromatic carbocycles. The molecule has 4 nitrogen and oxygen atoms in total. The van der Waals surface area contributed by atoms with Crippen molar-refractivity contribution in [3.8, 4) is 12.3 Å². The summed E-state index contributed by atoms with van der Waals surface area (Å²) in [6.07, 6.45) is 5.28. The number of carbonyl (C=O) groups excluding carboxylic acids is 1. The average Bonchev–Trinajstić information content (AvgIpc) is 2.04. The average molecular weight is 170 g/mol. The van der Waals surface area contributed by atoms with Crippen molar-refractivity contribution in [3.05, 3.63) is 0 Å². The lowest BCUT2D eigenvalue weighted by Gasteiger charge is -2.09. The lowest BCUT2D eigenvalue weighted by atomic mass is 10.2. The predicted octanol–water partition coefficient (Wildman–Crippen LogP) is 0.0831. The van der Waals surface area contributed by atoms with Crippen LogP contribution in [0.3, 0.4) is 0 Å². The minimum absolute atomic E-state index is 0.0430. The Balaban J connectivity index is 3.31. The van der Waals surface area contributed by atoms with Gasteiger partial charge in [0.2, 0.25) is 0 Å². The Bertz CT molecular complexity index is 174. The monoisotopic (exact) mass is 170 g/mol. The van der Waals surface area contributed by atoms with E-state index in [1.54, 1.807) is 0 Å². The van der Waals surface area contributed by atoms with Gasteiger partial charge in [0.1, 0.15) is 6.61 Å². The van der Waals surface area contributed by atoms with E-state index in [9.17, 15) is 4.79 Å². The van der Waals surface area contributed by atoms with Crippen LogP contribution in [0, 0.1) is 12.3 Å². The fourth-order valence-corrected chi connectivity index (χ4v) is 0.706. The quantitative estimate of drug-likeness (QED) is 0.454. The zero-order valence-electron chi connectivity index (χ0n) is 7.17. The molecular formula is C8H14N2O2. The van der Waals surface area contributed by atoms with E-state index in [-0.39, 0.29) is 12.6 Å². The normalized spacial score (nSPS) is 11.7. The number of hydrogen-bond acceptors (Lipinski definition) is 3. The van der Waals surface area contributed by atoms with Crippen molar-refractivity contribution in [1.82, 2.24) is 5.32 Å². The molecule has 4 heteroatoms. The third-order valence-electron chi connectivity index (χ3n) is 1.35. The summed E-state index contributed by atoms with van der Waals surface area (Å²) in [5.41, 5.74) is 4.75. The fourth-order valence-electron chi connectivity index (χ4n) is 0.706. The van der Waals surface area contributed by atoms with Crippen molar-refractivity contribution < 1.29 is 9.53 Å². The number of amides is 1. The Morgan fingerprint density at radius 3 is 2.92 bits per heavy atom. The summed E-state index contributed by atoms with van der Waals surface area (Å²) in [5, 5.41) is 3.01. The van der Waals surface area contributed by atoms with Crippen LogP contribution in [0.2, 0.25) is 0 Å². The maximum absolute atomic E-state index is 10.1. The van der Waals surface area contributed by atoms with Gasteiger partial charge in [-0.25, -0.2) is 4.79 Å². The molecular weight excluding hydrogens is 156 g/mol. The zero-order valence-corrected chi connectivity index (χ0v) is 7.17. The van der Waals surface area contributed by atoms with E-state index in [0.717, 1.165) is 6.42 Å². The molecule has 0 saturated heterocycles. The van der Waals surface area contributed by atoms with E-state index in [1.807, 2.05) is 6.92 Å². The summed E-state index contributed by atoms with van der Waals surface area (Å²) in [6, 6.07) is 0.0430. The van der Waals surface area contributed by atoms with E-state index >= 15 is 0 Å². The van der Waals surface area contributed by atoms with E-state index in [1.165, 1.54) is 0 Å². The van der Waals surface area contributed by atoms with Crippen LogP contribution in [0.15, 0.2) is 0 Å². The molecule has 0 aromatic heterocycles. The van der Waals surface area contributed by atoms with Gasteiger partial charge in [-0.3, -0.25) is 0 Å². The van der Waals surface area contributed by atoms with E-state index in [4.69, 9.17) is 12.2 Å². The lowest BCUT2D eigenvalue weighted by molar-refractivity contribution is 0.156. The van der Waals surface area contributed by atoms with Crippen LogP contribution in [0.5, 0.6) is 0 Å². The summed E-state index contributed by atoms with van der Waals surface area (Å²) < 4.78 is 4.49. The first kappa shape index (κ1) is 10.8. The molecule has 0 aromatic rings. The van der Waals surface area contributed by atoms with Gasteiger partial charge >= 0.3 is 6.09 Å². The van der Waals surface area contributed by atoms with Gasteiger partial charge in [0, 0.05) is 6.54 Å². The molecule has 0 rings (SSSR count). The Labute approximate surface area is 72.5 Å². The highest BCUT2D eigenvalue weighted by Gasteiger charge is 1.99. The smallest absolute Gasteiger partial charge is 0.404 e. The highest BCUT2D eigenvalue weighted by Crippen LogP contribution is 1.86. The Kier molecular flexibility index (Phi) is 5.84. The van der Waals surface area contributed by atoms with E-state index in [2.05, 4.69) is 16.0 Å². The highest BCUT2D eigenvalue weighted by atomic mass is 16.5. The largest absolute Gasteiger partial charge is 0.448 e. The first-order valence-corrected chi connectivity index (χ1v) is 3.82. The molecule has 0 aliphatic rings. The number of carbonyl (C=O) groups is 1. The van der Waals surface area contributed by atoms with Crippen molar-refractivity contribution >= 4 is 6.09 Å². The Hall–Kier alpha value is -1.21. The summed E-state index contributed by atoms with van der Waals surface area (Å²) in [7, 11) is 0. The van der Waals surface area contributed by atoms with Gasteiger partial charge in [-0.2, -0.15) is 0 Å². The molecule has 0 bridgehead atoms. The van der Waals surface area contributed by atoms with Crippen LogP contribution in [0.4, 0.5) is 4.79 Å². The van der Waals surface area contributed by atoms with Crippen molar-refractivity contribution in [2.45, 2.75) is 19.4 Å². The third-order valence-corrected chi connectivity index (χ3v) is 1.35. The summed E-state index contributed by atoms with van der Waals surface area (Å²) in [6.45, 7) is 2.77. The van der Waals surface area contributed by atoms with Crippen LogP contribution in [-0.2, 0) is 4.74 Å². The van der Waals surface area contributed by atoms with Gasteiger partial charge in [-0.05, 0) is 6.42 Å². The van der Waals surface area contributed by atoms with Crippen LogP contribution in [-0.4, -0.2) is 25.3 Å². The molecule has 0 aliphatic heterocycles. The number of terminal acetylenes is 1. The van der Waals surface area contributed by atoms with Crippen molar-refractivity contribution in [1.29, 1.82) is 0 Å². The molecule has 0 heterocycles. The van der Waals surface area contributed by atoms with Crippen LogP contribution in [0.25, 0.3) is 0 Å². The maximum atomic E-state index is 10.1. The first-order valence-electron chi connectivity index (χ1n) is 3.82. The van der Waals surface area contributed by atoms with E-state index in [0.29, 0.717) is 6.54 Å². The highest BCUT2D eigenvalue weighted by molar-refractivity contribution is 5.64. The topological polar surface area (TPSA) is 64.3 Å². The Morgan fingerprint density at radius 1 is 1.83 bits per heavy atom. The third kappa shape index (κ3) is 5.57. The maximum Gasteiger partial charge on any atom is 0.404 e. The van der Waals surface area contributed by atoms with Gasteiger partial charge in [-0.15, -0.1) is 6.42 Å². The van der Waals surface area contributed by atoms with Crippen LogP contribution >= 0.6 is 0 Å². The second-order valence-corrected chi connectivity index (χ2v) is 2.25. The number of primary amides is 1. The number of rotatable bonds is 5. The molecule has 0 aliphatic carbocycles. The molecule has 12 heavy (non-hydrogen) atoms. The number of nitrogens with two attached hydrogens (primary N) is 1. The summed E-state index contributed by atoms with van der Waals surface area (Å²) >= 11 is 0. The molecule has 0 radical (unpaired) electrons. The molecule has 68 valence electrons. The van der Waals surface area contributed by atoms with E-state index < -0.39 is 6.09 Å². The zero-order chi connectivity index (χ0) is 9.40. The van der Waals surface area contributed by atoms with Gasteiger partial charge in [-0.1, -0.05) is 12.8 Å². The molecule has 1 unspecified atom stereocenters.